The first-order chi connectivity index (χ1) is 8.02. The van der Waals surface area contributed by atoms with Crippen molar-refractivity contribution < 1.29 is 9.90 Å². The summed E-state index contributed by atoms with van der Waals surface area (Å²) in [6.45, 7) is 3.72. The van der Waals surface area contributed by atoms with Crippen LogP contribution in [0.15, 0.2) is 6.20 Å². The Morgan fingerprint density at radius 1 is 1.59 bits per heavy atom. The van der Waals surface area contributed by atoms with E-state index in [9.17, 15) is 4.79 Å². The highest BCUT2D eigenvalue weighted by Gasteiger charge is 2.08. The SMILES string of the molecule is CCc1nn(C)cc1CN(C)CCCC(=O)O. The topological polar surface area (TPSA) is 58.4 Å². The van der Waals surface area contributed by atoms with E-state index in [2.05, 4.69) is 16.9 Å². The largest absolute Gasteiger partial charge is 0.481 e. The molecular formula is C12H21N3O2. The Hall–Kier alpha value is -1.36. The summed E-state index contributed by atoms with van der Waals surface area (Å²) < 4.78 is 1.83. The third kappa shape index (κ3) is 4.56. The molecule has 5 heteroatoms. The van der Waals surface area contributed by atoms with Gasteiger partial charge in [-0.25, -0.2) is 0 Å². The van der Waals surface area contributed by atoms with Gasteiger partial charge >= 0.3 is 5.97 Å². The first-order valence-electron chi connectivity index (χ1n) is 5.94. The van der Waals surface area contributed by atoms with Crippen molar-refractivity contribution in [2.24, 2.45) is 7.05 Å². The highest BCUT2D eigenvalue weighted by molar-refractivity contribution is 5.66. The molecule has 1 rings (SSSR count). The molecule has 0 radical (unpaired) electrons. The second-order valence-electron chi connectivity index (χ2n) is 4.36. The molecule has 1 aromatic heterocycles. The molecule has 17 heavy (non-hydrogen) atoms. The van der Waals surface area contributed by atoms with E-state index in [4.69, 9.17) is 5.11 Å². The van der Waals surface area contributed by atoms with Crippen molar-refractivity contribution in [1.82, 2.24) is 14.7 Å². The van der Waals surface area contributed by atoms with Crippen LogP contribution in [0.4, 0.5) is 0 Å². The quantitative estimate of drug-likeness (QED) is 0.778. The number of carbonyl (C=O) groups is 1. The number of rotatable bonds is 7. The fourth-order valence-electron chi connectivity index (χ4n) is 1.88. The van der Waals surface area contributed by atoms with Crippen LogP contribution in [0.5, 0.6) is 0 Å². The fraction of sp³-hybridized carbons (Fsp3) is 0.667. The number of hydrogen-bond acceptors (Lipinski definition) is 3. The van der Waals surface area contributed by atoms with Gasteiger partial charge in [-0.15, -0.1) is 0 Å². The van der Waals surface area contributed by atoms with Crippen molar-refractivity contribution in [2.45, 2.75) is 32.7 Å². The standard InChI is InChI=1S/C12H21N3O2/c1-4-11-10(9-15(3)13-11)8-14(2)7-5-6-12(16)17/h9H,4-8H2,1-3H3,(H,16,17). The molecule has 0 unspecified atom stereocenters. The lowest BCUT2D eigenvalue weighted by Gasteiger charge is -2.15. The maximum absolute atomic E-state index is 10.4. The van der Waals surface area contributed by atoms with E-state index in [0.717, 1.165) is 25.2 Å². The summed E-state index contributed by atoms with van der Waals surface area (Å²) in [5, 5.41) is 13.0. The van der Waals surface area contributed by atoms with Crippen LogP contribution < -0.4 is 0 Å². The summed E-state index contributed by atoms with van der Waals surface area (Å²) in [4.78, 5) is 12.5. The van der Waals surface area contributed by atoms with Crippen LogP contribution in [0, 0.1) is 0 Å². The summed E-state index contributed by atoms with van der Waals surface area (Å²) in [5.74, 6) is -0.728. The van der Waals surface area contributed by atoms with E-state index >= 15 is 0 Å². The fourth-order valence-corrected chi connectivity index (χ4v) is 1.88. The Morgan fingerprint density at radius 2 is 2.29 bits per heavy atom. The van der Waals surface area contributed by atoms with E-state index in [1.54, 1.807) is 0 Å². The smallest absolute Gasteiger partial charge is 0.303 e. The van der Waals surface area contributed by atoms with E-state index in [1.807, 2.05) is 25.0 Å². The van der Waals surface area contributed by atoms with Crippen LogP contribution in [-0.4, -0.2) is 39.3 Å². The van der Waals surface area contributed by atoms with Crippen LogP contribution in [0.3, 0.4) is 0 Å². The van der Waals surface area contributed by atoms with Gasteiger partial charge in [0.05, 0.1) is 5.69 Å². The highest BCUT2D eigenvalue weighted by atomic mass is 16.4. The molecule has 1 aromatic rings. The molecule has 5 nitrogen and oxygen atoms in total. The minimum absolute atomic E-state index is 0.234. The highest BCUT2D eigenvalue weighted by Crippen LogP contribution is 2.10. The number of aliphatic carboxylic acids is 1. The summed E-state index contributed by atoms with van der Waals surface area (Å²) in [5.41, 5.74) is 2.35. The van der Waals surface area contributed by atoms with Crippen LogP contribution >= 0.6 is 0 Å². The van der Waals surface area contributed by atoms with Crippen LogP contribution in [0.25, 0.3) is 0 Å². The van der Waals surface area contributed by atoms with Crippen LogP contribution in [0.1, 0.15) is 31.0 Å². The molecule has 0 aliphatic carbocycles. The van der Waals surface area contributed by atoms with E-state index in [0.29, 0.717) is 6.42 Å². The molecule has 0 fully saturated rings. The maximum Gasteiger partial charge on any atom is 0.303 e. The zero-order valence-electron chi connectivity index (χ0n) is 10.8. The number of nitrogens with zero attached hydrogens (tertiary/aromatic N) is 3. The molecule has 0 saturated carbocycles. The van der Waals surface area contributed by atoms with Crippen molar-refractivity contribution in [3.63, 3.8) is 0 Å². The second-order valence-corrected chi connectivity index (χ2v) is 4.36. The lowest BCUT2D eigenvalue weighted by Crippen LogP contribution is -2.20. The van der Waals surface area contributed by atoms with Crippen molar-refractivity contribution in [3.05, 3.63) is 17.5 Å². The number of carboxylic acids is 1. The number of aryl methyl sites for hydroxylation is 2. The molecule has 0 spiro atoms. The molecule has 0 aliphatic rings. The molecule has 96 valence electrons. The number of aromatic nitrogens is 2. The lowest BCUT2D eigenvalue weighted by atomic mass is 10.2. The predicted molar refractivity (Wildman–Crippen MR) is 65.8 cm³/mol. The van der Waals surface area contributed by atoms with Gasteiger partial charge in [0.25, 0.3) is 0 Å². The molecule has 0 bridgehead atoms. The van der Waals surface area contributed by atoms with Gasteiger partial charge in [-0.2, -0.15) is 5.10 Å². The normalized spacial score (nSPS) is 11.1. The monoisotopic (exact) mass is 239 g/mol. The summed E-state index contributed by atoms with van der Waals surface area (Å²) >= 11 is 0. The number of hydrogen-bond donors (Lipinski definition) is 1. The van der Waals surface area contributed by atoms with Crippen LogP contribution in [0.2, 0.25) is 0 Å². The molecule has 0 amide bonds. The molecule has 0 atom stereocenters. The third-order valence-corrected chi connectivity index (χ3v) is 2.70. The van der Waals surface area contributed by atoms with E-state index < -0.39 is 5.97 Å². The minimum atomic E-state index is -0.728. The third-order valence-electron chi connectivity index (χ3n) is 2.70. The molecule has 1 heterocycles. The van der Waals surface area contributed by atoms with Gasteiger partial charge < -0.3 is 10.0 Å². The Morgan fingerprint density at radius 3 is 2.88 bits per heavy atom. The molecule has 1 N–H and O–H groups in total. The Labute approximate surface area is 102 Å². The first-order valence-corrected chi connectivity index (χ1v) is 5.94. The Kier molecular flexibility index (Phi) is 5.15. The Balaban J connectivity index is 2.44. The van der Waals surface area contributed by atoms with Gasteiger partial charge in [-0.05, 0) is 26.4 Å². The second kappa shape index (κ2) is 6.39. The van der Waals surface area contributed by atoms with Gasteiger partial charge in [0.2, 0.25) is 0 Å². The molecule has 0 saturated heterocycles. The summed E-state index contributed by atoms with van der Waals surface area (Å²) in [7, 11) is 3.93. The maximum atomic E-state index is 10.4. The predicted octanol–water partition coefficient (Wildman–Crippen LogP) is 1.28. The zero-order valence-corrected chi connectivity index (χ0v) is 10.8. The average Bonchev–Trinajstić information content (AvgIpc) is 2.58. The van der Waals surface area contributed by atoms with Gasteiger partial charge in [-0.1, -0.05) is 6.92 Å². The molecular weight excluding hydrogens is 218 g/mol. The van der Waals surface area contributed by atoms with Gasteiger partial charge in [0, 0.05) is 31.8 Å². The number of carboxylic acid groups (broad SMARTS) is 1. The Bertz CT molecular complexity index is 374. The summed E-state index contributed by atoms with van der Waals surface area (Å²) in [6.07, 6.45) is 3.89. The van der Waals surface area contributed by atoms with Crippen molar-refractivity contribution in [1.29, 1.82) is 0 Å². The average molecular weight is 239 g/mol. The van der Waals surface area contributed by atoms with Gasteiger partial charge in [0.1, 0.15) is 0 Å². The zero-order chi connectivity index (χ0) is 12.8. The molecule has 0 aliphatic heterocycles. The van der Waals surface area contributed by atoms with E-state index in [1.165, 1.54) is 5.56 Å². The lowest BCUT2D eigenvalue weighted by molar-refractivity contribution is -0.137. The summed E-state index contributed by atoms with van der Waals surface area (Å²) in [6, 6.07) is 0. The van der Waals surface area contributed by atoms with Gasteiger partial charge in [0.15, 0.2) is 0 Å². The minimum Gasteiger partial charge on any atom is -0.481 e. The van der Waals surface area contributed by atoms with Crippen molar-refractivity contribution >= 4 is 5.97 Å². The van der Waals surface area contributed by atoms with Crippen molar-refractivity contribution in [3.8, 4) is 0 Å². The van der Waals surface area contributed by atoms with Crippen molar-refractivity contribution in [2.75, 3.05) is 13.6 Å². The van der Waals surface area contributed by atoms with Crippen LogP contribution in [-0.2, 0) is 24.8 Å². The first kappa shape index (κ1) is 13.7. The van der Waals surface area contributed by atoms with Gasteiger partial charge in [-0.3, -0.25) is 9.48 Å². The van der Waals surface area contributed by atoms with E-state index in [-0.39, 0.29) is 6.42 Å². The molecule has 0 aromatic carbocycles.